The first kappa shape index (κ1) is 28.7. The first-order valence-corrected chi connectivity index (χ1v) is 13.6. The highest BCUT2D eigenvalue weighted by Crippen LogP contribution is 2.47. The largest absolute Gasteiger partial charge is 0.493 e. The number of likely N-dealkylation sites (tertiary alicyclic amines) is 1. The van der Waals surface area contributed by atoms with Gasteiger partial charge < -0.3 is 23.7 Å². The number of unbranched alkanes of at least 4 members (excludes halogenated alkanes) is 1. The number of amides is 1. The Labute approximate surface area is 228 Å². The van der Waals surface area contributed by atoms with Crippen molar-refractivity contribution in [2.24, 2.45) is 5.92 Å². The van der Waals surface area contributed by atoms with E-state index in [1.807, 2.05) is 30.9 Å². The molecule has 2 aromatic rings. The quantitative estimate of drug-likeness (QED) is 0.351. The van der Waals surface area contributed by atoms with E-state index in [2.05, 4.69) is 11.9 Å². The van der Waals surface area contributed by atoms with Crippen molar-refractivity contribution in [1.82, 2.24) is 14.9 Å². The van der Waals surface area contributed by atoms with Gasteiger partial charge in [0.1, 0.15) is 5.76 Å². The van der Waals surface area contributed by atoms with Gasteiger partial charge in [-0.05, 0) is 43.9 Å². The van der Waals surface area contributed by atoms with Crippen molar-refractivity contribution >= 4 is 11.9 Å². The second-order valence-corrected chi connectivity index (χ2v) is 10.0. The van der Waals surface area contributed by atoms with E-state index in [1.165, 1.54) is 12.2 Å². The van der Waals surface area contributed by atoms with Crippen molar-refractivity contribution in [2.75, 3.05) is 40.1 Å². The standard InChI is InChI=1S/C28H39N3O8/c1-5-7-10-31(38-11-6-2)25(32)16-30-15-20(19-12-22(35-4)27-23(13-19)36-17-37-27)26(28(33)34)21(30)8-9-24-29-14-18(3)39-24/h12-14,20-21,26H,5-11,15-17H2,1-4H3,(H,33,34)/t20-,21+,26?/m1/s1. The Morgan fingerprint density at radius 2 is 2.05 bits per heavy atom. The molecule has 0 spiro atoms. The molecule has 0 bridgehead atoms. The summed E-state index contributed by atoms with van der Waals surface area (Å²) >= 11 is 0. The monoisotopic (exact) mass is 545 g/mol. The molecule has 1 fully saturated rings. The van der Waals surface area contributed by atoms with E-state index in [-0.39, 0.29) is 19.2 Å². The number of carboxylic acids is 1. The number of methoxy groups -OCH3 is 1. The number of carboxylic acid groups (broad SMARTS) is 1. The van der Waals surface area contributed by atoms with E-state index in [0.29, 0.717) is 61.4 Å². The number of fused-ring (bicyclic) bond motifs is 1. The van der Waals surface area contributed by atoms with Crippen molar-refractivity contribution in [2.45, 2.75) is 64.8 Å². The smallest absolute Gasteiger partial charge is 0.308 e. The topological polar surface area (TPSA) is 124 Å². The summed E-state index contributed by atoms with van der Waals surface area (Å²) in [6.45, 7) is 7.30. The Morgan fingerprint density at radius 1 is 1.23 bits per heavy atom. The number of hydrogen-bond donors (Lipinski definition) is 1. The molecule has 2 aliphatic rings. The fourth-order valence-electron chi connectivity index (χ4n) is 5.36. The lowest BCUT2D eigenvalue weighted by Gasteiger charge is -2.29. The van der Waals surface area contributed by atoms with Gasteiger partial charge in [0.2, 0.25) is 12.5 Å². The Kier molecular flexibility index (Phi) is 9.68. The molecule has 0 radical (unpaired) electrons. The van der Waals surface area contributed by atoms with Crippen LogP contribution in [0, 0.1) is 12.8 Å². The highest BCUT2D eigenvalue weighted by atomic mass is 16.7. The first-order valence-electron chi connectivity index (χ1n) is 13.6. The summed E-state index contributed by atoms with van der Waals surface area (Å²) < 4.78 is 22.3. The van der Waals surface area contributed by atoms with Crippen LogP contribution in [0.2, 0.25) is 0 Å². The minimum atomic E-state index is -0.926. The average molecular weight is 546 g/mol. The molecule has 4 rings (SSSR count). The Morgan fingerprint density at radius 3 is 2.72 bits per heavy atom. The SMILES string of the molecule is CCCCN(OCCC)C(=O)CN1C[C@H](c2cc(OC)c3c(c2)OCO3)C(C(=O)O)[C@@H]1CCc1ncc(C)o1. The van der Waals surface area contributed by atoms with Gasteiger partial charge in [0.15, 0.2) is 17.4 Å². The summed E-state index contributed by atoms with van der Waals surface area (Å²) in [4.78, 5) is 38.2. The number of hydrogen-bond acceptors (Lipinski definition) is 9. The molecule has 1 aromatic heterocycles. The van der Waals surface area contributed by atoms with E-state index in [0.717, 1.165) is 24.8 Å². The number of benzene rings is 1. The number of carbonyl (C=O) groups is 2. The van der Waals surface area contributed by atoms with E-state index in [9.17, 15) is 14.7 Å². The van der Waals surface area contributed by atoms with Gasteiger partial charge >= 0.3 is 5.97 Å². The molecule has 3 heterocycles. The molecule has 39 heavy (non-hydrogen) atoms. The van der Waals surface area contributed by atoms with Crippen LogP contribution in [-0.2, 0) is 20.8 Å². The maximum Gasteiger partial charge on any atom is 0.308 e. The Balaban J connectivity index is 1.63. The number of aromatic nitrogens is 1. The van der Waals surface area contributed by atoms with Gasteiger partial charge in [-0.2, -0.15) is 0 Å². The van der Waals surface area contributed by atoms with Crippen LogP contribution in [0.4, 0.5) is 0 Å². The predicted molar refractivity (Wildman–Crippen MR) is 141 cm³/mol. The van der Waals surface area contributed by atoms with Gasteiger partial charge in [0, 0.05) is 31.5 Å². The van der Waals surface area contributed by atoms with Gasteiger partial charge in [-0.3, -0.25) is 19.3 Å². The van der Waals surface area contributed by atoms with E-state index in [4.69, 9.17) is 23.5 Å². The van der Waals surface area contributed by atoms with Crippen LogP contribution in [0.15, 0.2) is 22.7 Å². The first-order chi connectivity index (χ1) is 18.9. The number of nitrogens with zero attached hydrogens (tertiary/aromatic N) is 3. The lowest BCUT2D eigenvalue weighted by molar-refractivity contribution is -0.188. The summed E-state index contributed by atoms with van der Waals surface area (Å²) in [5, 5.41) is 11.9. The fraction of sp³-hybridized carbons (Fsp3) is 0.607. The zero-order valence-electron chi connectivity index (χ0n) is 23.2. The van der Waals surface area contributed by atoms with Crippen molar-refractivity contribution < 1.29 is 38.2 Å². The van der Waals surface area contributed by atoms with Crippen molar-refractivity contribution in [3.05, 3.63) is 35.5 Å². The third kappa shape index (κ3) is 6.65. The highest BCUT2D eigenvalue weighted by Gasteiger charge is 2.47. The summed E-state index contributed by atoms with van der Waals surface area (Å²) in [7, 11) is 1.54. The van der Waals surface area contributed by atoms with Gasteiger partial charge in [0.05, 0.1) is 32.4 Å². The Hall–Kier alpha value is -3.31. The van der Waals surface area contributed by atoms with Crippen molar-refractivity contribution in [3.63, 3.8) is 0 Å². The van der Waals surface area contributed by atoms with Crippen LogP contribution in [0.5, 0.6) is 17.2 Å². The number of carbonyl (C=O) groups excluding carboxylic acids is 1. The number of aliphatic carboxylic acids is 1. The molecule has 1 unspecified atom stereocenters. The summed E-state index contributed by atoms with van der Waals surface area (Å²) in [5.41, 5.74) is 0.764. The normalized spacial score (nSPS) is 20.4. The molecular weight excluding hydrogens is 506 g/mol. The highest BCUT2D eigenvalue weighted by molar-refractivity contribution is 5.78. The van der Waals surface area contributed by atoms with Crippen molar-refractivity contribution in [3.8, 4) is 17.2 Å². The van der Waals surface area contributed by atoms with Crippen LogP contribution in [0.3, 0.4) is 0 Å². The number of rotatable bonds is 14. The van der Waals surface area contributed by atoms with Crippen LogP contribution < -0.4 is 14.2 Å². The number of oxazole rings is 1. The summed E-state index contributed by atoms with van der Waals surface area (Å²) in [6.07, 6.45) is 5.10. The number of hydroxylamine groups is 2. The molecule has 1 amide bonds. The van der Waals surface area contributed by atoms with E-state index >= 15 is 0 Å². The van der Waals surface area contributed by atoms with Crippen molar-refractivity contribution in [1.29, 1.82) is 0 Å². The van der Waals surface area contributed by atoms with Crippen LogP contribution in [-0.4, -0.2) is 78.1 Å². The molecule has 11 nitrogen and oxygen atoms in total. The third-order valence-corrected chi connectivity index (χ3v) is 7.25. The second kappa shape index (κ2) is 13.2. The molecular formula is C28H39N3O8. The molecule has 0 aliphatic carbocycles. The second-order valence-electron chi connectivity index (χ2n) is 10.0. The minimum Gasteiger partial charge on any atom is -0.493 e. The molecule has 1 saturated heterocycles. The lowest BCUT2D eigenvalue weighted by Crippen LogP contribution is -2.44. The maximum absolute atomic E-state index is 13.4. The molecule has 0 saturated carbocycles. The fourth-order valence-corrected chi connectivity index (χ4v) is 5.36. The van der Waals surface area contributed by atoms with Crippen LogP contribution in [0.1, 0.15) is 62.7 Å². The number of ether oxygens (including phenoxy) is 3. The zero-order chi connectivity index (χ0) is 27.9. The lowest BCUT2D eigenvalue weighted by atomic mass is 9.83. The maximum atomic E-state index is 13.4. The number of aryl methyl sites for hydroxylation is 2. The van der Waals surface area contributed by atoms with Crippen LogP contribution in [0.25, 0.3) is 0 Å². The zero-order valence-corrected chi connectivity index (χ0v) is 23.2. The van der Waals surface area contributed by atoms with E-state index in [1.54, 1.807) is 6.20 Å². The Bertz CT molecular complexity index is 1130. The minimum absolute atomic E-state index is 0.0463. The molecule has 11 heteroatoms. The van der Waals surface area contributed by atoms with Gasteiger partial charge in [-0.1, -0.05) is 20.3 Å². The molecule has 214 valence electrons. The molecule has 1 N–H and O–H groups in total. The van der Waals surface area contributed by atoms with Gasteiger partial charge in [-0.15, -0.1) is 0 Å². The molecule has 3 atom stereocenters. The third-order valence-electron chi connectivity index (χ3n) is 7.25. The molecule has 1 aromatic carbocycles. The van der Waals surface area contributed by atoms with Crippen LogP contribution >= 0.6 is 0 Å². The summed E-state index contributed by atoms with van der Waals surface area (Å²) in [5.74, 6) is 0.476. The average Bonchev–Trinajstić information content (AvgIpc) is 3.65. The molecule has 2 aliphatic heterocycles. The predicted octanol–water partition coefficient (Wildman–Crippen LogP) is 3.79. The van der Waals surface area contributed by atoms with Gasteiger partial charge in [0.25, 0.3) is 5.91 Å². The van der Waals surface area contributed by atoms with Gasteiger partial charge in [-0.25, -0.2) is 10.0 Å². The van der Waals surface area contributed by atoms with E-state index < -0.39 is 23.8 Å². The summed E-state index contributed by atoms with van der Waals surface area (Å²) in [6, 6.07) is 3.20.